The van der Waals surface area contributed by atoms with Crippen LogP contribution in [0.2, 0.25) is 0 Å². The van der Waals surface area contributed by atoms with E-state index >= 15 is 0 Å². The number of fused-ring (bicyclic) bond motifs is 1. The number of thioether (sulfide) groups is 1. The number of alkyl halides is 3. The van der Waals surface area contributed by atoms with Crippen molar-refractivity contribution in [1.82, 2.24) is 28.8 Å². The summed E-state index contributed by atoms with van der Waals surface area (Å²) >= 11 is 0.893. The van der Waals surface area contributed by atoms with Gasteiger partial charge < -0.3 is 14.7 Å². The molecule has 15 heteroatoms. The Labute approximate surface area is 291 Å². The van der Waals surface area contributed by atoms with Crippen molar-refractivity contribution in [2.75, 3.05) is 57.8 Å². The standard InChI is InChI=1S/C34H47F3N6O4S2/c1-24-8-18-40(19-9-24)32(45)23-48-30-21-25(6-7-28(30)34(35,36)37)33-27-22-41(49(2,46)47)20-12-29(27)43(38-33)15-4-13-39-16-10-26(11-17-39)42-14-3-5-31(42)44/h6-7,21,24,26H,3-5,8-20,22-23H2,1-2H3. The Kier molecular flexibility index (Phi) is 11.0. The van der Waals surface area contributed by atoms with E-state index in [1.54, 1.807) is 4.90 Å². The second kappa shape index (κ2) is 14.9. The Morgan fingerprint density at radius 2 is 1.73 bits per heavy atom. The zero-order valence-electron chi connectivity index (χ0n) is 28.4. The Balaban J connectivity index is 1.19. The number of piperidine rings is 2. The first-order valence-corrected chi connectivity index (χ1v) is 20.3. The number of aryl methyl sites for hydroxylation is 1. The smallest absolute Gasteiger partial charge is 0.342 e. The van der Waals surface area contributed by atoms with Crippen molar-refractivity contribution in [3.63, 3.8) is 0 Å². The van der Waals surface area contributed by atoms with Crippen LogP contribution in [0.5, 0.6) is 0 Å². The molecule has 1 aromatic carbocycles. The molecule has 5 heterocycles. The van der Waals surface area contributed by atoms with Crippen molar-refractivity contribution < 1.29 is 31.2 Å². The quantitative estimate of drug-likeness (QED) is 0.328. The van der Waals surface area contributed by atoms with Gasteiger partial charge in [0, 0.05) is 93.0 Å². The van der Waals surface area contributed by atoms with Gasteiger partial charge in [-0.15, -0.1) is 11.8 Å². The minimum atomic E-state index is -4.60. The van der Waals surface area contributed by atoms with Crippen molar-refractivity contribution >= 4 is 33.6 Å². The number of rotatable bonds is 10. The van der Waals surface area contributed by atoms with Crippen molar-refractivity contribution in [3.8, 4) is 11.3 Å². The van der Waals surface area contributed by atoms with Crippen LogP contribution in [-0.2, 0) is 45.3 Å². The molecule has 0 bridgehead atoms. The molecule has 1 aromatic heterocycles. The van der Waals surface area contributed by atoms with E-state index in [-0.39, 0.29) is 29.0 Å². The summed E-state index contributed by atoms with van der Waals surface area (Å²) in [6.45, 7) is 7.93. The fraction of sp³-hybridized carbons (Fsp3) is 0.676. The van der Waals surface area contributed by atoms with Gasteiger partial charge in [-0.2, -0.15) is 22.6 Å². The first-order valence-electron chi connectivity index (χ1n) is 17.5. The van der Waals surface area contributed by atoms with Gasteiger partial charge in [-0.25, -0.2) is 8.42 Å². The maximum atomic E-state index is 14.2. The number of aromatic nitrogens is 2. The van der Waals surface area contributed by atoms with E-state index < -0.39 is 21.8 Å². The molecule has 0 N–H and O–H groups in total. The molecule has 4 aliphatic heterocycles. The highest BCUT2D eigenvalue weighted by molar-refractivity contribution is 8.00. The number of carbonyl (C=O) groups excluding carboxylic acids is 2. The maximum absolute atomic E-state index is 14.2. The lowest BCUT2D eigenvalue weighted by molar-refractivity contribution is -0.139. The summed E-state index contributed by atoms with van der Waals surface area (Å²) in [5, 5.41) is 4.91. The average Bonchev–Trinajstić information content (AvgIpc) is 3.66. The number of benzene rings is 1. The topological polar surface area (TPSA) is 99.1 Å². The minimum absolute atomic E-state index is 0.0400. The summed E-state index contributed by atoms with van der Waals surface area (Å²) in [7, 11) is -3.50. The maximum Gasteiger partial charge on any atom is 0.417 e. The van der Waals surface area contributed by atoms with E-state index in [1.165, 1.54) is 16.4 Å². The molecule has 0 saturated carbocycles. The van der Waals surface area contributed by atoms with Crippen LogP contribution in [0.3, 0.4) is 0 Å². The summed E-state index contributed by atoms with van der Waals surface area (Å²) in [6.07, 6.45) is 3.13. The molecular weight excluding hydrogens is 678 g/mol. The molecule has 270 valence electrons. The first-order chi connectivity index (χ1) is 23.3. The van der Waals surface area contributed by atoms with Gasteiger partial charge in [-0.05, 0) is 63.1 Å². The van der Waals surface area contributed by atoms with Gasteiger partial charge in [0.25, 0.3) is 0 Å². The molecule has 0 atom stereocenters. The van der Waals surface area contributed by atoms with Gasteiger partial charge >= 0.3 is 6.18 Å². The Hall–Kier alpha value is -2.62. The molecule has 10 nitrogen and oxygen atoms in total. The van der Waals surface area contributed by atoms with Gasteiger partial charge in [0.15, 0.2) is 0 Å². The van der Waals surface area contributed by atoms with Crippen molar-refractivity contribution in [3.05, 3.63) is 35.0 Å². The van der Waals surface area contributed by atoms with Crippen LogP contribution in [-0.4, -0.2) is 113 Å². The Morgan fingerprint density at radius 1 is 1.00 bits per heavy atom. The average molecular weight is 725 g/mol. The number of likely N-dealkylation sites (tertiary alicyclic amines) is 3. The SMILES string of the molecule is CC1CCN(C(=O)CSc2cc(-c3nn(CCCN4CCC(N5CCCC5=O)CC4)c4c3CN(S(C)(=O)=O)CC4)ccc2C(F)(F)F)CC1. The van der Waals surface area contributed by atoms with Crippen LogP contribution in [0.15, 0.2) is 23.1 Å². The molecule has 0 aliphatic carbocycles. The third-order valence-corrected chi connectivity index (χ3v) is 12.9. The van der Waals surface area contributed by atoms with E-state index in [0.717, 1.165) is 94.5 Å². The molecular formula is C34H47F3N6O4S2. The second-order valence-corrected chi connectivity index (χ2v) is 17.0. The summed E-state index contributed by atoms with van der Waals surface area (Å²) in [6, 6.07) is 4.23. The van der Waals surface area contributed by atoms with E-state index in [2.05, 4.69) is 11.8 Å². The third-order valence-electron chi connectivity index (χ3n) is 10.6. The zero-order chi connectivity index (χ0) is 34.9. The first kappa shape index (κ1) is 36.2. The van der Waals surface area contributed by atoms with Gasteiger partial charge in [-0.3, -0.25) is 14.3 Å². The number of halogens is 3. The molecule has 6 rings (SSSR count). The second-order valence-electron chi connectivity index (χ2n) is 14.0. The number of hydrogen-bond acceptors (Lipinski definition) is 7. The molecule has 2 aromatic rings. The predicted octanol–water partition coefficient (Wildman–Crippen LogP) is 4.71. The van der Waals surface area contributed by atoms with Gasteiger partial charge in [0.05, 0.1) is 23.3 Å². The predicted molar refractivity (Wildman–Crippen MR) is 182 cm³/mol. The minimum Gasteiger partial charge on any atom is -0.342 e. The highest BCUT2D eigenvalue weighted by Gasteiger charge is 2.36. The Bertz CT molecular complexity index is 1630. The summed E-state index contributed by atoms with van der Waals surface area (Å²) in [5.74, 6) is 0.530. The lowest BCUT2D eigenvalue weighted by atomic mass is 9.99. The lowest BCUT2D eigenvalue weighted by Gasteiger charge is -2.36. The highest BCUT2D eigenvalue weighted by Crippen LogP contribution is 2.40. The van der Waals surface area contributed by atoms with Crippen LogP contribution in [0.25, 0.3) is 11.3 Å². The molecule has 3 fully saturated rings. The fourth-order valence-electron chi connectivity index (χ4n) is 7.63. The number of sulfonamides is 1. The van der Waals surface area contributed by atoms with Gasteiger partial charge in [0.2, 0.25) is 21.8 Å². The summed E-state index contributed by atoms with van der Waals surface area (Å²) < 4.78 is 70.8. The summed E-state index contributed by atoms with van der Waals surface area (Å²) in [5.41, 5.74) is 1.77. The van der Waals surface area contributed by atoms with Crippen LogP contribution < -0.4 is 0 Å². The van der Waals surface area contributed by atoms with E-state index in [4.69, 9.17) is 5.10 Å². The monoisotopic (exact) mass is 724 g/mol. The van der Waals surface area contributed by atoms with Crippen LogP contribution in [0.1, 0.15) is 68.7 Å². The molecule has 0 unspecified atom stereocenters. The van der Waals surface area contributed by atoms with Crippen molar-refractivity contribution in [2.45, 2.75) is 88.5 Å². The highest BCUT2D eigenvalue weighted by atomic mass is 32.2. The number of carbonyl (C=O) groups is 2. The van der Waals surface area contributed by atoms with Crippen molar-refractivity contribution in [2.24, 2.45) is 5.92 Å². The van der Waals surface area contributed by atoms with Crippen LogP contribution in [0.4, 0.5) is 13.2 Å². The number of amides is 2. The molecule has 0 radical (unpaired) electrons. The number of nitrogens with zero attached hydrogens (tertiary/aromatic N) is 6. The zero-order valence-corrected chi connectivity index (χ0v) is 30.0. The summed E-state index contributed by atoms with van der Waals surface area (Å²) in [4.78, 5) is 31.3. The van der Waals surface area contributed by atoms with Crippen molar-refractivity contribution in [1.29, 1.82) is 0 Å². The largest absolute Gasteiger partial charge is 0.417 e. The fourth-order valence-corrected chi connectivity index (χ4v) is 9.43. The normalized spacial score (nSPS) is 20.7. The molecule has 4 aliphatic rings. The van der Waals surface area contributed by atoms with Crippen LogP contribution in [0, 0.1) is 5.92 Å². The van der Waals surface area contributed by atoms with E-state index in [0.29, 0.717) is 67.8 Å². The molecule has 3 saturated heterocycles. The van der Waals surface area contributed by atoms with Gasteiger partial charge in [0.1, 0.15) is 0 Å². The third kappa shape index (κ3) is 8.48. The van der Waals surface area contributed by atoms with E-state index in [9.17, 15) is 31.2 Å². The molecule has 2 amide bonds. The molecule has 0 spiro atoms. The van der Waals surface area contributed by atoms with Gasteiger partial charge in [-0.1, -0.05) is 13.0 Å². The van der Waals surface area contributed by atoms with E-state index in [1.807, 2.05) is 9.58 Å². The Morgan fingerprint density at radius 3 is 2.39 bits per heavy atom. The lowest BCUT2D eigenvalue weighted by Crippen LogP contribution is -2.45. The molecule has 49 heavy (non-hydrogen) atoms. The number of hydrogen-bond donors (Lipinski definition) is 0. The van der Waals surface area contributed by atoms with Crippen LogP contribution >= 0.6 is 11.8 Å².